The Hall–Kier alpha value is -2.00. The van der Waals surface area contributed by atoms with Gasteiger partial charge in [0, 0.05) is 0 Å². The molecule has 5 nitrogen and oxygen atoms in total. The summed E-state index contributed by atoms with van der Waals surface area (Å²) in [5.41, 5.74) is -0.0849. The lowest BCUT2D eigenvalue weighted by Crippen LogP contribution is -2.32. The SMILES string of the molecule is C/C=C(C#CCNC(=O)OC(C)(C)C)\C(=C/CF)OCCO.CC. The number of carbonyl (C=O) groups excluding carboxylic acids is 1. The van der Waals surface area contributed by atoms with Crippen molar-refractivity contribution >= 4 is 6.09 Å². The Labute approximate surface area is 144 Å². The second-order valence-electron chi connectivity index (χ2n) is 5.15. The van der Waals surface area contributed by atoms with Gasteiger partial charge in [0.25, 0.3) is 0 Å². The number of hydrogen-bond acceptors (Lipinski definition) is 4. The van der Waals surface area contributed by atoms with E-state index < -0.39 is 18.4 Å². The van der Waals surface area contributed by atoms with Gasteiger partial charge in [-0.25, -0.2) is 9.18 Å². The maximum Gasteiger partial charge on any atom is 0.408 e. The molecule has 24 heavy (non-hydrogen) atoms. The van der Waals surface area contributed by atoms with E-state index >= 15 is 0 Å². The molecule has 0 bridgehead atoms. The lowest BCUT2D eigenvalue weighted by Gasteiger charge is -2.19. The van der Waals surface area contributed by atoms with Crippen molar-refractivity contribution < 1.29 is 23.8 Å². The molecule has 0 radical (unpaired) electrons. The molecule has 0 unspecified atom stereocenters. The first-order valence-electron chi connectivity index (χ1n) is 7.96. The van der Waals surface area contributed by atoms with Crippen molar-refractivity contribution in [3.8, 4) is 11.8 Å². The Morgan fingerprint density at radius 3 is 2.42 bits per heavy atom. The number of alkyl halides is 1. The van der Waals surface area contributed by atoms with E-state index in [4.69, 9.17) is 14.6 Å². The molecule has 0 saturated heterocycles. The van der Waals surface area contributed by atoms with Crippen LogP contribution in [0.2, 0.25) is 0 Å². The highest BCUT2D eigenvalue weighted by Gasteiger charge is 2.15. The zero-order valence-electron chi connectivity index (χ0n) is 15.5. The number of ether oxygens (including phenoxy) is 2. The first-order valence-corrected chi connectivity index (χ1v) is 7.96. The molecule has 6 heteroatoms. The Morgan fingerprint density at radius 2 is 1.96 bits per heavy atom. The summed E-state index contributed by atoms with van der Waals surface area (Å²) in [6.07, 6.45) is 2.35. The van der Waals surface area contributed by atoms with Gasteiger partial charge in [0.15, 0.2) is 0 Å². The third-order valence-corrected chi connectivity index (χ3v) is 2.11. The van der Waals surface area contributed by atoms with E-state index in [0.29, 0.717) is 5.57 Å². The predicted octanol–water partition coefficient (Wildman–Crippen LogP) is 3.35. The van der Waals surface area contributed by atoms with Gasteiger partial charge in [-0.2, -0.15) is 0 Å². The first kappa shape index (κ1) is 24.3. The van der Waals surface area contributed by atoms with Crippen LogP contribution in [0.1, 0.15) is 41.5 Å². The largest absolute Gasteiger partial charge is 0.490 e. The van der Waals surface area contributed by atoms with E-state index in [1.165, 1.54) is 6.08 Å². The Bertz CT molecular complexity index is 468. The second kappa shape index (κ2) is 14.6. The van der Waals surface area contributed by atoms with Crippen LogP contribution in [-0.4, -0.2) is 43.2 Å². The Morgan fingerprint density at radius 1 is 1.33 bits per heavy atom. The van der Waals surface area contributed by atoms with Gasteiger partial charge in [0.05, 0.1) is 18.7 Å². The number of nitrogens with one attached hydrogen (secondary N) is 1. The molecule has 0 spiro atoms. The predicted molar refractivity (Wildman–Crippen MR) is 94.2 cm³/mol. The summed E-state index contributed by atoms with van der Waals surface area (Å²) in [7, 11) is 0. The van der Waals surface area contributed by atoms with E-state index in [0.717, 1.165) is 0 Å². The number of alkyl carbamates (subject to hydrolysis) is 1. The van der Waals surface area contributed by atoms with Crippen molar-refractivity contribution in [1.82, 2.24) is 5.32 Å². The molecule has 138 valence electrons. The number of aliphatic hydroxyl groups is 1. The van der Waals surface area contributed by atoms with Gasteiger partial charge in [0.2, 0.25) is 0 Å². The van der Waals surface area contributed by atoms with E-state index in [-0.39, 0.29) is 25.5 Å². The quantitative estimate of drug-likeness (QED) is 0.441. The highest BCUT2D eigenvalue weighted by atomic mass is 19.1. The van der Waals surface area contributed by atoms with Gasteiger partial charge < -0.3 is 19.9 Å². The van der Waals surface area contributed by atoms with Gasteiger partial charge in [-0.1, -0.05) is 31.8 Å². The van der Waals surface area contributed by atoms with Crippen LogP contribution < -0.4 is 5.32 Å². The van der Waals surface area contributed by atoms with Gasteiger partial charge in [0.1, 0.15) is 24.6 Å². The maximum atomic E-state index is 12.5. The van der Waals surface area contributed by atoms with E-state index in [2.05, 4.69) is 17.2 Å². The molecule has 0 aromatic rings. The van der Waals surface area contributed by atoms with Crippen molar-refractivity contribution in [1.29, 1.82) is 0 Å². The first-order chi connectivity index (χ1) is 11.3. The summed E-state index contributed by atoms with van der Waals surface area (Å²) in [5, 5.41) is 11.2. The molecule has 0 aliphatic heterocycles. The third kappa shape index (κ3) is 13.6. The lowest BCUT2D eigenvalue weighted by atomic mass is 10.2. The van der Waals surface area contributed by atoms with Crippen LogP contribution in [0, 0.1) is 11.8 Å². The fourth-order valence-corrected chi connectivity index (χ4v) is 1.32. The molecule has 0 fully saturated rings. The van der Waals surface area contributed by atoms with Crippen LogP contribution in [0.5, 0.6) is 0 Å². The van der Waals surface area contributed by atoms with Crippen molar-refractivity contribution in [3.05, 3.63) is 23.5 Å². The van der Waals surface area contributed by atoms with Crippen LogP contribution in [0.25, 0.3) is 0 Å². The number of hydrogen-bond donors (Lipinski definition) is 2. The molecule has 0 atom stereocenters. The van der Waals surface area contributed by atoms with Crippen molar-refractivity contribution in [2.24, 2.45) is 0 Å². The number of amides is 1. The summed E-state index contributed by atoms with van der Waals surface area (Å²) in [6.45, 7) is 10.3. The molecule has 0 heterocycles. The van der Waals surface area contributed by atoms with Crippen LogP contribution in [0.15, 0.2) is 23.5 Å². The van der Waals surface area contributed by atoms with E-state index in [1.54, 1.807) is 33.8 Å². The topological polar surface area (TPSA) is 67.8 Å². The van der Waals surface area contributed by atoms with Gasteiger partial charge in [-0.15, -0.1) is 0 Å². The molecule has 0 aromatic heterocycles. The lowest BCUT2D eigenvalue weighted by molar-refractivity contribution is 0.0535. The van der Waals surface area contributed by atoms with E-state index in [1.807, 2.05) is 13.8 Å². The van der Waals surface area contributed by atoms with Crippen LogP contribution >= 0.6 is 0 Å². The summed E-state index contributed by atoms with van der Waals surface area (Å²) >= 11 is 0. The molecule has 0 saturated carbocycles. The summed E-state index contributed by atoms with van der Waals surface area (Å²) in [5.74, 6) is 5.78. The van der Waals surface area contributed by atoms with Gasteiger partial charge >= 0.3 is 6.09 Å². The van der Waals surface area contributed by atoms with Crippen LogP contribution in [0.4, 0.5) is 9.18 Å². The minimum Gasteiger partial charge on any atom is -0.490 e. The number of carbonyl (C=O) groups is 1. The highest BCUT2D eigenvalue weighted by Crippen LogP contribution is 2.11. The molecule has 1 amide bonds. The number of allylic oxidation sites excluding steroid dienone is 3. The average Bonchev–Trinajstić information content (AvgIpc) is 2.52. The minimum absolute atomic E-state index is 0.0566. The van der Waals surface area contributed by atoms with Gasteiger partial charge in [-0.3, -0.25) is 0 Å². The molecule has 0 aromatic carbocycles. The Balaban J connectivity index is 0. The molecular formula is C18H30FNO4. The molecule has 0 aliphatic rings. The Kier molecular flexibility index (Phi) is 14.7. The smallest absolute Gasteiger partial charge is 0.408 e. The van der Waals surface area contributed by atoms with Crippen LogP contribution in [0.3, 0.4) is 0 Å². The maximum absolute atomic E-state index is 12.5. The van der Waals surface area contributed by atoms with Crippen molar-refractivity contribution in [2.75, 3.05) is 26.4 Å². The summed E-state index contributed by atoms with van der Waals surface area (Å²) in [6, 6.07) is 0. The zero-order chi connectivity index (χ0) is 19.0. The number of aliphatic hydroxyl groups excluding tert-OH is 1. The number of rotatable bonds is 6. The minimum atomic E-state index is -0.698. The fourth-order valence-electron chi connectivity index (χ4n) is 1.32. The monoisotopic (exact) mass is 343 g/mol. The van der Waals surface area contributed by atoms with Crippen molar-refractivity contribution in [2.45, 2.75) is 47.1 Å². The second-order valence-corrected chi connectivity index (χ2v) is 5.15. The standard InChI is InChI=1S/C16H24FNO4.C2H6/c1-5-13(14(8-9-17)21-12-11-19)7-6-10-18-15(20)22-16(2,3)4;1-2/h5,8,19H,9-12H2,1-4H3,(H,18,20);1-2H3/b13-5-,14-8+;. The van der Waals surface area contributed by atoms with Gasteiger partial charge in [-0.05, 0) is 33.8 Å². The number of halogens is 1. The highest BCUT2D eigenvalue weighted by molar-refractivity contribution is 5.68. The summed E-state index contributed by atoms with van der Waals surface area (Å²) in [4.78, 5) is 11.4. The third-order valence-electron chi connectivity index (χ3n) is 2.11. The molecule has 0 rings (SSSR count). The van der Waals surface area contributed by atoms with E-state index in [9.17, 15) is 9.18 Å². The van der Waals surface area contributed by atoms with Crippen molar-refractivity contribution in [3.63, 3.8) is 0 Å². The van der Waals surface area contributed by atoms with Crippen LogP contribution in [-0.2, 0) is 9.47 Å². The average molecular weight is 343 g/mol. The molecular weight excluding hydrogens is 313 g/mol. The fraction of sp³-hybridized carbons (Fsp3) is 0.611. The molecule has 2 N–H and O–H groups in total. The molecule has 0 aliphatic carbocycles. The normalized spacial score (nSPS) is 11.5. The summed E-state index contributed by atoms with van der Waals surface area (Å²) < 4.78 is 22.7. The zero-order valence-corrected chi connectivity index (χ0v) is 15.5.